The Morgan fingerprint density at radius 1 is 1.25 bits per heavy atom. The molecule has 2 aromatic heterocycles. The molecule has 0 N–H and O–H groups in total. The summed E-state index contributed by atoms with van der Waals surface area (Å²) in [4.78, 5) is 4.82. The molecule has 4 nitrogen and oxygen atoms in total. The van der Waals surface area contributed by atoms with Gasteiger partial charge < -0.3 is 4.57 Å². The van der Waals surface area contributed by atoms with Crippen LogP contribution in [0.1, 0.15) is 51.7 Å². The first-order valence-electron chi connectivity index (χ1n) is 7.55. The van der Waals surface area contributed by atoms with Crippen LogP contribution in [0, 0.1) is 12.8 Å². The van der Waals surface area contributed by atoms with Crippen molar-refractivity contribution in [2.24, 2.45) is 5.92 Å². The molecule has 1 unspecified atom stereocenters. The molecule has 5 heteroatoms. The smallest absolute Gasteiger partial charge is 0.159 e. The zero-order valence-electron chi connectivity index (χ0n) is 13.1. The van der Waals surface area contributed by atoms with Crippen LogP contribution in [0.2, 0.25) is 0 Å². The van der Waals surface area contributed by atoms with Gasteiger partial charge in [0.2, 0.25) is 0 Å². The molecule has 0 aliphatic heterocycles. The molecule has 112 valence electrons. The summed E-state index contributed by atoms with van der Waals surface area (Å²) < 4.78 is 4.45. The lowest BCUT2D eigenvalue weighted by Gasteiger charge is -2.24. The van der Waals surface area contributed by atoms with Crippen LogP contribution in [0.25, 0.3) is 11.2 Å². The Bertz CT molecular complexity index is 582. The summed E-state index contributed by atoms with van der Waals surface area (Å²) in [5.41, 5.74) is 3.20. The Morgan fingerprint density at radius 2 is 1.95 bits per heavy atom. The molecule has 0 bridgehead atoms. The fourth-order valence-corrected chi connectivity index (χ4v) is 3.19. The number of rotatable bonds is 6. The Kier molecular flexibility index (Phi) is 4.74. The van der Waals surface area contributed by atoms with E-state index in [2.05, 4.69) is 42.0 Å². The maximum Gasteiger partial charge on any atom is 0.159 e. The van der Waals surface area contributed by atoms with Crippen molar-refractivity contribution in [2.75, 3.05) is 5.88 Å². The van der Waals surface area contributed by atoms with Crippen LogP contribution in [0.3, 0.4) is 0 Å². The highest BCUT2D eigenvalue weighted by Crippen LogP contribution is 2.30. The van der Waals surface area contributed by atoms with E-state index in [9.17, 15) is 0 Å². The predicted octanol–water partition coefficient (Wildman–Crippen LogP) is 3.95. The van der Waals surface area contributed by atoms with Gasteiger partial charge in [-0.05, 0) is 26.2 Å². The molecule has 0 aromatic carbocycles. The Labute approximate surface area is 126 Å². The third kappa shape index (κ3) is 2.46. The summed E-state index contributed by atoms with van der Waals surface area (Å²) in [6, 6.07) is 0.444. The Balaban J connectivity index is 2.71. The Hall–Kier alpha value is -1.03. The quantitative estimate of drug-likeness (QED) is 0.757. The molecule has 0 spiro atoms. The number of aryl methyl sites for hydroxylation is 3. The largest absolute Gasteiger partial charge is 0.309 e. The van der Waals surface area contributed by atoms with E-state index in [0.717, 1.165) is 42.1 Å². The Morgan fingerprint density at radius 3 is 2.45 bits per heavy atom. The third-order valence-corrected chi connectivity index (χ3v) is 4.14. The first kappa shape index (κ1) is 15.4. The molecule has 0 aliphatic carbocycles. The van der Waals surface area contributed by atoms with Crippen LogP contribution in [0.5, 0.6) is 0 Å². The van der Waals surface area contributed by atoms with Gasteiger partial charge >= 0.3 is 0 Å². The molecule has 2 heterocycles. The average molecular weight is 297 g/mol. The van der Waals surface area contributed by atoms with E-state index >= 15 is 0 Å². The second-order valence-corrected chi connectivity index (χ2v) is 6.01. The molecule has 2 rings (SSSR count). The molecule has 2 aromatic rings. The van der Waals surface area contributed by atoms with Gasteiger partial charge in [0.25, 0.3) is 0 Å². The summed E-state index contributed by atoms with van der Waals surface area (Å²) in [7, 11) is 0. The van der Waals surface area contributed by atoms with Gasteiger partial charge in [-0.3, -0.25) is 0 Å². The second kappa shape index (κ2) is 6.17. The fraction of sp³-hybridized carbons (Fsp3) is 0.733. The van der Waals surface area contributed by atoms with E-state index in [1.165, 1.54) is 0 Å². The molecule has 0 radical (unpaired) electrons. The lowest BCUT2D eigenvalue weighted by molar-refractivity contribution is 0.360. The molecular weight excluding hydrogens is 272 g/mol. The minimum Gasteiger partial charge on any atom is -0.309 e. The van der Waals surface area contributed by atoms with Gasteiger partial charge in [-0.1, -0.05) is 20.8 Å². The molecule has 0 aliphatic rings. The second-order valence-electron chi connectivity index (χ2n) is 5.63. The van der Waals surface area contributed by atoms with Crippen molar-refractivity contribution in [1.29, 1.82) is 0 Å². The highest BCUT2D eigenvalue weighted by molar-refractivity contribution is 6.17. The summed E-state index contributed by atoms with van der Waals surface area (Å²) in [5, 5.41) is 4.61. The first-order valence-corrected chi connectivity index (χ1v) is 8.08. The van der Waals surface area contributed by atoms with Crippen molar-refractivity contribution < 1.29 is 0 Å². The molecule has 0 amide bonds. The van der Waals surface area contributed by atoms with Gasteiger partial charge in [0, 0.05) is 24.9 Å². The molecule has 20 heavy (non-hydrogen) atoms. The van der Waals surface area contributed by atoms with E-state index in [1.54, 1.807) is 0 Å². The van der Waals surface area contributed by atoms with Crippen LogP contribution in [-0.2, 0) is 13.0 Å². The van der Waals surface area contributed by atoms with Crippen LogP contribution < -0.4 is 0 Å². The molecule has 0 fully saturated rings. The minimum absolute atomic E-state index is 0.444. The number of hydrogen-bond donors (Lipinski definition) is 0. The first-order chi connectivity index (χ1) is 9.54. The molecule has 1 atom stereocenters. The topological polar surface area (TPSA) is 35.6 Å². The van der Waals surface area contributed by atoms with Gasteiger partial charge in [-0.25, -0.2) is 9.67 Å². The van der Waals surface area contributed by atoms with Gasteiger partial charge in [-0.15, -0.1) is 11.6 Å². The lowest BCUT2D eigenvalue weighted by Crippen LogP contribution is -2.19. The molecular formula is C15H25ClN4. The SMILES string of the molecule is CCC(C(C)C)n1c(CCCl)nc2c(C)nn(CC)c21. The number of aromatic nitrogens is 4. The van der Waals surface area contributed by atoms with Crippen molar-refractivity contribution in [1.82, 2.24) is 19.3 Å². The van der Waals surface area contributed by atoms with E-state index in [-0.39, 0.29) is 0 Å². The molecule has 0 saturated carbocycles. The number of alkyl halides is 1. The summed E-state index contributed by atoms with van der Waals surface area (Å²) in [6.07, 6.45) is 1.90. The normalized spacial score (nSPS) is 13.6. The van der Waals surface area contributed by atoms with E-state index in [0.29, 0.717) is 17.8 Å². The number of fused-ring (bicyclic) bond motifs is 1. The van der Waals surface area contributed by atoms with Crippen LogP contribution in [0.4, 0.5) is 0 Å². The van der Waals surface area contributed by atoms with Crippen molar-refractivity contribution in [2.45, 2.75) is 60.0 Å². The standard InChI is InChI=1S/C15H25ClN4/c1-6-12(10(3)4)20-13(8-9-16)17-14-11(5)18-19(7-2)15(14)20/h10,12H,6-9H2,1-5H3. The van der Waals surface area contributed by atoms with Crippen molar-refractivity contribution in [3.8, 4) is 0 Å². The van der Waals surface area contributed by atoms with Gasteiger partial charge in [0.15, 0.2) is 5.65 Å². The van der Waals surface area contributed by atoms with E-state index in [1.807, 2.05) is 6.92 Å². The zero-order valence-corrected chi connectivity index (χ0v) is 13.9. The van der Waals surface area contributed by atoms with Gasteiger partial charge in [0.1, 0.15) is 11.3 Å². The maximum absolute atomic E-state index is 5.97. The average Bonchev–Trinajstić information content (AvgIpc) is 2.90. The van der Waals surface area contributed by atoms with Gasteiger partial charge in [-0.2, -0.15) is 5.10 Å². The number of imidazole rings is 1. The summed E-state index contributed by atoms with van der Waals surface area (Å²) >= 11 is 5.97. The number of hydrogen-bond acceptors (Lipinski definition) is 2. The predicted molar refractivity (Wildman–Crippen MR) is 84.5 cm³/mol. The fourth-order valence-electron chi connectivity index (χ4n) is 3.02. The van der Waals surface area contributed by atoms with Crippen LogP contribution >= 0.6 is 11.6 Å². The highest BCUT2D eigenvalue weighted by Gasteiger charge is 2.24. The zero-order chi connectivity index (χ0) is 14.9. The van der Waals surface area contributed by atoms with Crippen molar-refractivity contribution in [3.05, 3.63) is 11.5 Å². The monoisotopic (exact) mass is 296 g/mol. The van der Waals surface area contributed by atoms with E-state index < -0.39 is 0 Å². The van der Waals surface area contributed by atoms with Crippen LogP contribution in [-0.4, -0.2) is 25.2 Å². The van der Waals surface area contributed by atoms with Gasteiger partial charge in [0.05, 0.1) is 5.69 Å². The number of halogens is 1. The van der Waals surface area contributed by atoms with Crippen LogP contribution in [0.15, 0.2) is 0 Å². The maximum atomic E-state index is 5.97. The lowest BCUT2D eigenvalue weighted by atomic mass is 10.0. The summed E-state index contributed by atoms with van der Waals surface area (Å²) in [5.74, 6) is 2.26. The van der Waals surface area contributed by atoms with Crippen molar-refractivity contribution >= 4 is 22.8 Å². The van der Waals surface area contributed by atoms with Crippen molar-refractivity contribution in [3.63, 3.8) is 0 Å². The van der Waals surface area contributed by atoms with E-state index in [4.69, 9.17) is 16.6 Å². The minimum atomic E-state index is 0.444. The summed E-state index contributed by atoms with van der Waals surface area (Å²) in [6.45, 7) is 11.8. The number of nitrogens with zero attached hydrogens (tertiary/aromatic N) is 4. The third-order valence-electron chi connectivity index (χ3n) is 3.95. The molecule has 0 saturated heterocycles. The highest BCUT2D eigenvalue weighted by atomic mass is 35.5.